The number of carbonyl (C=O) groups is 2. The Morgan fingerprint density at radius 3 is 2.04 bits per heavy atom. The molecule has 0 saturated carbocycles. The zero-order valence-corrected chi connectivity index (χ0v) is 15.6. The molecule has 0 fully saturated rings. The minimum absolute atomic E-state index is 0.178. The first kappa shape index (κ1) is 19.2. The number of nitrogens with one attached hydrogen (secondary N) is 3. The van der Waals surface area contributed by atoms with Crippen LogP contribution in [0.3, 0.4) is 0 Å². The van der Waals surface area contributed by atoms with Gasteiger partial charge in [0.05, 0.1) is 12.5 Å². The van der Waals surface area contributed by atoms with Crippen molar-refractivity contribution in [3.05, 3.63) is 78.3 Å². The maximum absolute atomic E-state index is 12.4. The van der Waals surface area contributed by atoms with Gasteiger partial charge in [0.25, 0.3) is 11.8 Å². The predicted molar refractivity (Wildman–Crippen MR) is 106 cm³/mol. The Balaban J connectivity index is 1.66. The molecule has 2 aromatic carbocycles. The monoisotopic (exact) mass is 399 g/mol. The van der Waals surface area contributed by atoms with Crippen molar-refractivity contribution in [3.63, 3.8) is 0 Å². The van der Waals surface area contributed by atoms with E-state index in [4.69, 9.17) is 4.42 Å². The summed E-state index contributed by atoms with van der Waals surface area (Å²) in [5, 5.41) is 5.40. The summed E-state index contributed by atoms with van der Waals surface area (Å²) in [6.45, 7) is 0. The first-order valence-electron chi connectivity index (χ1n) is 8.14. The van der Waals surface area contributed by atoms with E-state index in [1.54, 1.807) is 36.4 Å². The number of hydrogen-bond acceptors (Lipinski definition) is 5. The van der Waals surface area contributed by atoms with Crippen LogP contribution < -0.4 is 15.4 Å². The van der Waals surface area contributed by atoms with Gasteiger partial charge in [-0.3, -0.25) is 14.3 Å². The molecule has 0 atom stereocenters. The Bertz CT molecular complexity index is 1090. The summed E-state index contributed by atoms with van der Waals surface area (Å²) in [5.41, 5.74) is 1.69. The van der Waals surface area contributed by atoms with Crippen LogP contribution in [0.15, 0.2) is 71.3 Å². The molecule has 1 aromatic heterocycles. The summed E-state index contributed by atoms with van der Waals surface area (Å²) < 4.78 is 29.8. The second kappa shape index (κ2) is 7.97. The maximum atomic E-state index is 12.4. The van der Waals surface area contributed by atoms with E-state index >= 15 is 0 Å². The Hall–Kier alpha value is -3.59. The van der Waals surface area contributed by atoms with Crippen molar-refractivity contribution in [2.24, 2.45) is 0 Å². The van der Waals surface area contributed by atoms with Crippen LogP contribution in [0, 0.1) is 0 Å². The van der Waals surface area contributed by atoms with Gasteiger partial charge in [0.2, 0.25) is 10.0 Å². The molecule has 144 valence electrons. The fourth-order valence-corrected chi connectivity index (χ4v) is 2.95. The van der Waals surface area contributed by atoms with Crippen molar-refractivity contribution < 1.29 is 22.4 Å². The topological polar surface area (TPSA) is 118 Å². The molecule has 0 aliphatic heterocycles. The third-order valence-electron chi connectivity index (χ3n) is 3.57. The molecule has 0 spiro atoms. The number of anilines is 3. The van der Waals surface area contributed by atoms with E-state index in [0.717, 1.165) is 6.26 Å². The highest BCUT2D eigenvalue weighted by Crippen LogP contribution is 2.18. The highest BCUT2D eigenvalue weighted by Gasteiger charge is 2.11. The summed E-state index contributed by atoms with van der Waals surface area (Å²) in [5.74, 6) is -0.597. The maximum Gasteiger partial charge on any atom is 0.291 e. The quantitative estimate of drug-likeness (QED) is 0.588. The molecular weight excluding hydrogens is 382 g/mol. The molecular formula is C19H17N3O5S. The van der Waals surface area contributed by atoms with Gasteiger partial charge >= 0.3 is 0 Å². The molecule has 3 aromatic rings. The van der Waals surface area contributed by atoms with Crippen molar-refractivity contribution in [3.8, 4) is 0 Å². The average molecular weight is 399 g/mol. The van der Waals surface area contributed by atoms with Gasteiger partial charge in [-0.05, 0) is 54.6 Å². The zero-order chi connectivity index (χ0) is 20.1. The molecule has 0 saturated heterocycles. The molecule has 3 N–H and O–H groups in total. The summed E-state index contributed by atoms with van der Waals surface area (Å²) in [6.07, 6.45) is 2.45. The Morgan fingerprint density at radius 1 is 0.821 bits per heavy atom. The summed E-state index contributed by atoms with van der Waals surface area (Å²) in [4.78, 5) is 24.4. The summed E-state index contributed by atoms with van der Waals surface area (Å²) in [6, 6.07) is 15.8. The van der Waals surface area contributed by atoms with Gasteiger partial charge in [0.1, 0.15) is 0 Å². The van der Waals surface area contributed by atoms with Crippen LogP contribution in [0.25, 0.3) is 0 Å². The number of rotatable bonds is 6. The normalized spacial score (nSPS) is 10.9. The van der Waals surface area contributed by atoms with Crippen molar-refractivity contribution >= 4 is 38.9 Å². The van der Waals surface area contributed by atoms with Crippen LogP contribution in [-0.2, 0) is 10.0 Å². The highest BCUT2D eigenvalue weighted by atomic mass is 32.2. The van der Waals surface area contributed by atoms with E-state index in [1.807, 2.05) is 0 Å². The number of carbonyl (C=O) groups excluding carboxylic acids is 2. The third kappa shape index (κ3) is 5.21. The molecule has 0 aliphatic rings. The van der Waals surface area contributed by atoms with Crippen LogP contribution in [0.2, 0.25) is 0 Å². The van der Waals surface area contributed by atoms with Crippen molar-refractivity contribution in [1.29, 1.82) is 0 Å². The number of benzene rings is 2. The first-order chi connectivity index (χ1) is 13.3. The largest absolute Gasteiger partial charge is 0.459 e. The Morgan fingerprint density at radius 2 is 1.46 bits per heavy atom. The van der Waals surface area contributed by atoms with Crippen LogP contribution in [-0.4, -0.2) is 26.5 Å². The number of hydrogen-bond donors (Lipinski definition) is 3. The van der Waals surface area contributed by atoms with E-state index in [2.05, 4.69) is 15.4 Å². The van der Waals surface area contributed by atoms with Gasteiger partial charge in [0, 0.05) is 22.6 Å². The SMILES string of the molecule is CS(=O)(=O)Nc1ccc(C(=O)Nc2cccc(NC(=O)c3ccco3)c2)cc1. The molecule has 8 nitrogen and oxygen atoms in total. The lowest BCUT2D eigenvalue weighted by Gasteiger charge is -2.09. The third-order valence-corrected chi connectivity index (χ3v) is 4.18. The lowest BCUT2D eigenvalue weighted by atomic mass is 10.2. The van der Waals surface area contributed by atoms with Gasteiger partial charge in [-0.2, -0.15) is 0 Å². The summed E-state index contributed by atoms with van der Waals surface area (Å²) in [7, 11) is -3.38. The van der Waals surface area contributed by atoms with E-state index in [-0.39, 0.29) is 11.7 Å². The average Bonchev–Trinajstić information content (AvgIpc) is 3.16. The first-order valence-corrected chi connectivity index (χ1v) is 10.0. The standard InChI is InChI=1S/C19H17N3O5S/c1-28(25,26)22-14-9-7-13(8-10-14)18(23)20-15-4-2-5-16(12-15)21-19(24)17-6-3-11-27-17/h2-12,22H,1H3,(H,20,23)(H,21,24). The van der Waals surface area contributed by atoms with E-state index < -0.39 is 15.9 Å². The van der Waals surface area contributed by atoms with Crippen molar-refractivity contribution in [1.82, 2.24) is 0 Å². The van der Waals surface area contributed by atoms with Crippen molar-refractivity contribution in [2.45, 2.75) is 0 Å². The number of amides is 2. The second-order valence-corrected chi connectivity index (χ2v) is 7.67. The lowest BCUT2D eigenvalue weighted by Crippen LogP contribution is -2.14. The van der Waals surface area contributed by atoms with Crippen LogP contribution >= 0.6 is 0 Å². The highest BCUT2D eigenvalue weighted by molar-refractivity contribution is 7.92. The minimum atomic E-state index is -3.38. The van der Waals surface area contributed by atoms with Gasteiger partial charge in [-0.15, -0.1) is 0 Å². The summed E-state index contributed by atoms with van der Waals surface area (Å²) >= 11 is 0. The molecule has 9 heteroatoms. The van der Waals surface area contributed by atoms with Crippen molar-refractivity contribution in [2.75, 3.05) is 21.6 Å². The van der Waals surface area contributed by atoms with E-state index in [9.17, 15) is 18.0 Å². The van der Waals surface area contributed by atoms with Crippen LogP contribution in [0.5, 0.6) is 0 Å². The van der Waals surface area contributed by atoms with Crippen LogP contribution in [0.4, 0.5) is 17.1 Å². The molecule has 1 heterocycles. The minimum Gasteiger partial charge on any atom is -0.459 e. The number of sulfonamides is 1. The van der Waals surface area contributed by atoms with Crippen LogP contribution in [0.1, 0.15) is 20.9 Å². The molecule has 28 heavy (non-hydrogen) atoms. The Kier molecular flexibility index (Phi) is 5.46. The smallest absolute Gasteiger partial charge is 0.291 e. The van der Waals surface area contributed by atoms with Gasteiger partial charge in [0.15, 0.2) is 5.76 Å². The molecule has 0 unspecified atom stereocenters. The fraction of sp³-hybridized carbons (Fsp3) is 0.0526. The predicted octanol–water partition coefficient (Wildman–Crippen LogP) is 3.16. The molecule has 0 aliphatic carbocycles. The molecule has 0 radical (unpaired) electrons. The van der Waals surface area contributed by atoms with Gasteiger partial charge in [-0.25, -0.2) is 8.42 Å². The van der Waals surface area contributed by atoms with E-state index in [0.29, 0.717) is 22.6 Å². The van der Waals surface area contributed by atoms with Gasteiger partial charge in [-0.1, -0.05) is 6.07 Å². The van der Waals surface area contributed by atoms with E-state index in [1.165, 1.54) is 30.5 Å². The second-order valence-electron chi connectivity index (χ2n) is 5.92. The number of furan rings is 1. The molecule has 3 rings (SSSR count). The van der Waals surface area contributed by atoms with Gasteiger partial charge < -0.3 is 15.1 Å². The molecule has 0 bridgehead atoms. The molecule has 2 amide bonds. The Labute approximate surface area is 161 Å². The zero-order valence-electron chi connectivity index (χ0n) is 14.8. The fourth-order valence-electron chi connectivity index (χ4n) is 2.38. The lowest BCUT2D eigenvalue weighted by molar-refractivity contribution is 0.0995.